The van der Waals surface area contributed by atoms with Crippen molar-refractivity contribution >= 4 is 17.5 Å². The summed E-state index contributed by atoms with van der Waals surface area (Å²) in [6, 6.07) is 10.7. The highest BCUT2D eigenvalue weighted by molar-refractivity contribution is 6.17. The minimum absolute atomic E-state index is 0.0258. The summed E-state index contributed by atoms with van der Waals surface area (Å²) in [5.41, 5.74) is 4.24. The van der Waals surface area contributed by atoms with Crippen LogP contribution in [0.3, 0.4) is 0 Å². The van der Waals surface area contributed by atoms with Gasteiger partial charge in [-0.2, -0.15) is 0 Å². The van der Waals surface area contributed by atoms with Crippen LogP contribution in [0, 0.1) is 5.92 Å². The highest BCUT2D eigenvalue weighted by Gasteiger charge is 2.46. The Morgan fingerprint density at radius 3 is 2.76 bits per heavy atom. The number of amides is 1. The number of hydrogen-bond donors (Lipinski definition) is 1. The van der Waals surface area contributed by atoms with E-state index in [0.29, 0.717) is 36.6 Å². The van der Waals surface area contributed by atoms with Gasteiger partial charge in [-0.1, -0.05) is 18.2 Å². The fraction of sp³-hybridized carbons (Fsp3) is 0.423. The molecule has 2 aromatic rings. The van der Waals surface area contributed by atoms with Gasteiger partial charge in [0.25, 0.3) is 6.43 Å². The van der Waals surface area contributed by atoms with Crippen LogP contribution in [0.15, 0.2) is 46.4 Å². The first kappa shape index (κ1) is 22.7. The van der Waals surface area contributed by atoms with E-state index in [1.165, 1.54) is 6.07 Å². The van der Waals surface area contributed by atoms with Crippen LogP contribution in [0.1, 0.15) is 60.6 Å². The maximum Gasteiger partial charge on any atom is 0.267 e. The lowest BCUT2D eigenvalue weighted by Gasteiger charge is -2.24. The normalized spacial score (nSPS) is 21.3. The molecule has 1 N–H and O–H groups in total. The first-order valence-electron chi connectivity index (χ1n) is 11.6. The molecular weight excluding hydrogens is 440 g/mol. The zero-order chi connectivity index (χ0) is 24.0. The summed E-state index contributed by atoms with van der Waals surface area (Å²) < 4.78 is 32.9. The number of aliphatic hydroxyl groups is 1. The summed E-state index contributed by atoms with van der Waals surface area (Å²) in [5.74, 6) is 1.04. The number of likely N-dealkylation sites (tertiary alicyclic amines) is 1. The Hall–Kier alpha value is -3.13. The molecule has 2 aliphatic heterocycles. The van der Waals surface area contributed by atoms with Gasteiger partial charge >= 0.3 is 0 Å². The molecule has 0 aromatic heterocycles. The van der Waals surface area contributed by atoms with E-state index in [0.717, 1.165) is 23.1 Å². The minimum atomic E-state index is -2.66. The molecule has 1 amide bonds. The van der Waals surface area contributed by atoms with Crippen molar-refractivity contribution in [2.45, 2.75) is 45.3 Å². The van der Waals surface area contributed by atoms with Crippen LogP contribution in [-0.2, 0) is 11.2 Å². The average Bonchev–Trinajstić information content (AvgIpc) is 3.49. The topological polar surface area (TPSA) is 74.5 Å². The van der Waals surface area contributed by atoms with Crippen molar-refractivity contribution in [2.24, 2.45) is 15.9 Å². The molecule has 0 bridgehead atoms. The van der Waals surface area contributed by atoms with E-state index >= 15 is 0 Å². The lowest BCUT2D eigenvalue weighted by atomic mass is 10.0. The lowest BCUT2D eigenvalue weighted by molar-refractivity contribution is -0.129. The van der Waals surface area contributed by atoms with E-state index in [-0.39, 0.29) is 41.9 Å². The Balaban J connectivity index is 1.45. The number of ether oxygens (including phenoxy) is 1. The van der Waals surface area contributed by atoms with Gasteiger partial charge in [0.05, 0.1) is 36.6 Å². The zero-order valence-corrected chi connectivity index (χ0v) is 19.2. The number of rotatable bonds is 7. The summed E-state index contributed by atoms with van der Waals surface area (Å²) in [6.45, 7) is 4.18. The number of benzene rings is 2. The van der Waals surface area contributed by atoms with Gasteiger partial charge in [0.1, 0.15) is 5.75 Å². The zero-order valence-electron chi connectivity index (χ0n) is 19.2. The summed E-state index contributed by atoms with van der Waals surface area (Å²) in [4.78, 5) is 23.5. The van der Waals surface area contributed by atoms with Crippen LogP contribution >= 0.6 is 0 Å². The standard InChI is InChI=1S/C26H27F2N3O3/c1-14(2)34-22-7-6-15(10-20(22)25(27)28)21-13-29-26(30-21)18-5-3-4-17-19(18)11-16-12-23(33)31(8-9-32)24(16)17/h3-7,10,14,16,24-25,32H,8-9,11-13H2,1-2H3/t16-,24+/m0/s1. The Morgan fingerprint density at radius 1 is 1.21 bits per heavy atom. The molecule has 34 heavy (non-hydrogen) atoms. The second-order valence-electron chi connectivity index (χ2n) is 9.22. The number of hydrogen-bond acceptors (Lipinski definition) is 5. The monoisotopic (exact) mass is 467 g/mol. The number of carbonyl (C=O) groups is 1. The van der Waals surface area contributed by atoms with E-state index in [1.807, 2.05) is 18.2 Å². The quantitative estimate of drug-likeness (QED) is 0.666. The fourth-order valence-electron chi connectivity index (χ4n) is 5.33. The molecule has 2 heterocycles. The van der Waals surface area contributed by atoms with Crippen molar-refractivity contribution in [3.05, 3.63) is 64.2 Å². The average molecular weight is 468 g/mol. The Bertz CT molecular complexity index is 1190. The highest BCUT2D eigenvalue weighted by atomic mass is 19.3. The molecule has 2 aromatic carbocycles. The van der Waals surface area contributed by atoms with Gasteiger partial charge in [-0.25, -0.2) is 13.8 Å². The third-order valence-corrected chi connectivity index (χ3v) is 6.68. The van der Waals surface area contributed by atoms with Gasteiger partial charge in [-0.3, -0.25) is 9.79 Å². The predicted molar refractivity (Wildman–Crippen MR) is 125 cm³/mol. The maximum atomic E-state index is 13.7. The number of fused-ring (bicyclic) bond motifs is 3. The van der Waals surface area contributed by atoms with E-state index < -0.39 is 6.43 Å². The summed E-state index contributed by atoms with van der Waals surface area (Å²) in [7, 11) is 0. The number of aliphatic hydroxyl groups excluding tert-OH is 1. The Kier molecular flexibility index (Phi) is 5.93. The lowest BCUT2D eigenvalue weighted by Crippen LogP contribution is -2.30. The second kappa shape index (κ2) is 8.91. The molecule has 1 fully saturated rings. The van der Waals surface area contributed by atoms with Gasteiger partial charge in [-0.15, -0.1) is 0 Å². The van der Waals surface area contributed by atoms with Crippen LogP contribution in [0.2, 0.25) is 0 Å². The molecule has 8 heteroatoms. The van der Waals surface area contributed by atoms with Crippen molar-refractivity contribution in [3.8, 4) is 5.75 Å². The van der Waals surface area contributed by atoms with Crippen LogP contribution in [0.5, 0.6) is 5.75 Å². The van der Waals surface area contributed by atoms with Crippen molar-refractivity contribution in [1.29, 1.82) is 0 Å². The maximum absolute atomic E-state index is 13.7. The van der Waals surface area contributed by atoms with Crippen LogP contribution in [0.25, 0.3) is 0 Å². The van der Waals surface area contributed by atoms with E-state index in [9.17, 15) is 18.7 Å². The molecular formula is C26H27F2N3O3. The molecule has 6 nitrogen and oxygen atoms in total. The third-order valence-electron chi connectivity index (χ3n) is 6.68. The summed E-state index contributed by atoms with van der Waals surface area (Å²) in [5, 5.41) is 9.41. The molecule has 0 radical (unpaired) electrons. The van der Waals surface area contributed by atoms with E-state index in [1.54, 1.807) is 30.9 Å². The Morgan fingerprint density at radius 2 is 2.03 bits per heavy atom. The van der Waals surface area contributed by atoms with Crippen LogP contribution in [0.4, 0.5) is 8.78 Å². The van der Waals surface area contributed by atoms with Crippen molar-refractivity contribution < 1.29 is 23.4 Å². The fourth-order valence-corrected chi connectivity index (χ4v) is 5.33. The predicted octanol–water partition coefficient (Wildman–Crippen LogP) is 4.10. The molecule has 3 aliphatic rings. The van der Waals surface area contributed by atoms with Gasteiger partial charge in [0.2, 0.25) is 5.91 Å². The number of halogens is 2. The molecule has 0 saturated carbocycles. The number of amidine groups is 1. The molecule has 178 valence electrons. The number of β-amino-alcohol motifs (C(OH)–C–C–N with tert-alkyl or cyclic N) is 1. The van der Waals surface area contributed by atoms with Crippen molar-refractivity contribution in [2.75, 3.05) is 19.7 Å². The molecule has 0 spiro atoms. The highest BCUT2D eigenvalue weighted by Crippen LogP contribution is 2.48. The number of carbonyl (C=O) groups excluding carboxylic acids is 1. The number of alkyl halides is 2. The van der Waals surface area contributed by atoms with Crippen molar-refractivity contribution in [1.82, 2.24) is 4.90 Å². The van der Waals surface area contributed by atoms with Gasteiger partial charge < -0.3 is 14.7 Å². The van der Waals surface area contributed by atoms with E-state index in [4.69, 9.17) is 9.73 Å². The summed E-state index contributed by atoms with van der Waals surface area (Å²) >= 11 is 0. The SMILES string of the molecule is CC(C)Oc1ccc(C2=NC(c3cccc4c3C[C@H]3CC(=O)N(CCO)[C@@H]43)=NC2)cc1C(F)F. The van der Waals surface area contributed by atoms with Gasteiger partial charge in [0.15, 0.2) is 5.84 Å². The van der Waals surface area contributed by atoms with Crippen molar-refractivity contribution in [3.63, 3.8) is 0 Å². The molecule has 2 atom stereocenters. The second-order valence-corrected chi connectivity index (χ2v) is 9.22. The molecule has 1 saturated heterocycles. The molecule has 5 rings (SSSR count). The number of nitrogens with zero attached hydrogens (tertiary/aromatic N) is 3. The Labute approximate surface area is 197 Å². The van der Waals surface area contributed by atoms with E-state index in [2.05, 4.69) is 4.99 Å². The molecule has 0 unspecified atom stereocenters. The first-order chi connectivity index (χ1) is 16.4. The van der Waals surface area contributed by atoms with Crippen LogP contribution in [-0.4, -0.2) is 53.3 Å². The largest absolute Gasteiger partial charge is 0.491 e. The smallest absolute Gasteiger partial charge is 0.267 e. The van der Waals surface area contributed by atoms with Gasteiger partial charge in [-0.05, 0) is 61.1 Å². The third kappa shape index (κ3) is 3.90. The minimum Gasteiger partial charge on any atom is -0.491 e. The van der Waals surface area contributed by atoms with Crippen LogP contribution < -0.4 is 4.74 Å². The first-order valence-corrected chi connectivity index (χ1v) is 11.6. The number of aliphatic imine (C=N–C) groups is 2. The summed E-state index contributed by atoms with van der Waals surface area (Å²) in [6.07, 6.45) is -1.63. The molecule has 1 aliphatic carbocycles. The van der Waals surface area contributed by atoms with Gasteiger partial charge in [0, 0.05) is 18.5 Å².